The highest BCUT2D eigenvalue weighted by atomic mass is 32.1. The van der Waals surface area contributed by atoms with E-state index in [1.165, 1.54) is 0 Å². The van der Waals surface area contributed by atoms with Gasteiger partial charge in [-0.05, 0) is 6.92 Å². The molecule has 0 fully saturated rings. The van der Waals surface area contributed by atoms with Crippen LogP contribution < -0.4 is 0 Å². The van der Waals surface area contributed by atoms with Crippen LogP contribution in [0.3, 0.4) is 0 Å². The minimum atomic E-state index is 0.515. The van der Waals surface area contributed by atoms with Crippen molar-refractivity contribution in [1.82, 2.24) is 10.1 Å². The van der Waals surface area contributed by atoms with E-state index in [0.717, 1.165) is 0 Å². The van der Waals surface area contributed by atoms with Gasteiger partial charge in [0.25, 0.3) is 0 Å². The molecule has 0 bridgehead atoms. The van der Waals surface area contributed by atoms with Gasteiger partial charge in [0.2, 0.25) is 5.89 Å². The zero-order valence-corrected chi connectivity index (χ0v) is 5.35. The first-order valence-corrected chi connectivity index (χ1v) is 2.86. The topological polar surface area (TPSA) is 38.9 Å². The van der Waals surface area contributed by atoms with Crippen LogP contribution in [0.1, 0.15) is 11.7 Å². The van der Waals surface area contributed by atoms with Crippen LogP contribution in [0.25, 0.3) is 0 Å². The van der Waals surface area contributed by atoms with Crippen molar-refractivity contribution in [1.29, 1.82) is 0 Å². The Hall–Kier alpha value is -0.510. The maximum atomic E-state index is 4.68. The van der Waals surface area contributed by atoms with Gasteiger partial charge in [-0.15, -0.1) is 0 Å². The van der Waals surface area contributed by atoms with Crippen molar-refractivity contribution in [2.45, 2.75) is 12.7 Å². The van der Waals surface area contributed by atoms with E-state index >= 15 is 0 Å². The SMILES string of the molecule is Cc1noc(CS)n1. The van der Waals surface area contributed by atoms with E-state index in [9.17, 15) is 0 Å². The van der Waals surface area contributed by atoms with Crippen molar-refractivity contribution >= 4 is 12.6 Å². The van der Waals surface area contributed by atoms with E-state index in [1.807, 2.05) is 0 Å². The number of hydrogen-bond donors (Lipinski definition) is 1. The zero-order chi connectivity index (χ0) is 5.98. The summed E-state index contributed by atoms with van der Waals surface area (Å²) in [5.41, 5.74) is 0. The van der Waals surface area contributed by atoms with Crippen LogP contribution in [0.2, 0.25) is 0 Å². The highest BCUT2D eigenvalue weighted by Crippen LogP contribution is 1.97. The molecule has 0 saturated heterocycles. The molecule has 0 aliphatic rings. The number of rotatable bonds is 1. The van der Waals surface area contributed by atoms with Crippen LogP contribution in [-0.4, -0.2) is 10.1 Å². The zero-order valence-electron chi connectivity index (χ0n) is 4.46. The van der Waals surface area contributed by atoms with E-state index in [-0.39, 0.29) is 0 Å². The fraction of sp³-hybridized carbons (Fsp3) is 0.500. The quantitative estimate of drug-likeness (QED) is 0.572. The van der Waals surface area contributed by atoms with Crippen molar-refractivity contribution in [3.05, 3.63) is 11.7 Å². The minimum Gasteiger partial charge on any atom is -0.338 e. The van der Waals surface area contributed by atoms with Crippen molar-refractivity contribution in [2.75, 3.05) is 0 Å². The van der Waals surface area contributed by atoms with Crippen LogP contribution in [0, 0.1) is 6.92 Å². The van der Waals surface area contributed by atoms with Crippen LogP contribution in [0.5, 0.6) is 0 Å². The Morgan fingerprint density at radius 2 is 2.50 bits per heavy atom. The number of hydrogen-bond acceptors (Lipinski definition) is 4. The molecule has 0 radical (unpaired) electrons. The summed E-state index contributed by atoms with van der Waals surface area (Å²) in [6, 6.07) is 0. The molecule has 0 atom stereocenters. The first-order chi connectivity index (χ1) is 3.83. The van der Waals surface area contributed by atoms with Gasteiger partial charge in [-0.2, -0.15) is 17.6 Å². The average molecular weight is 130 g/mol. The van der Waals surface area contributed by atoms with Crippen molar-refractivity contribution < 1.29 is 4.52 Å². The summed E-state index contributed by atoms with van der Waals surface area (Å²) < 4.78 is 4.68. The molecule has 1 aromatic rings. The molecular formula is C4H6N2OS. The lowest BCUT2D eigenvalue weighted by atomic mass is 10.7. The molecule has 0 aliphatic heterocycles. The predicted molar refractivity (Wildman–Crippen MR) is 31.7 cm³/mol. The molecule has 3 nitrogen and oxygen atoms in total. The molecule has 0 aliphatic carbocycles. The normalized spacial score (nSPS) is 9.75. The molecule has 1 aromatic heterocycles. The summed E-state index contributed by atoms with van der Waals surface area (Å²) in [5.74, 6) is 1.75. The number of aryl methyl sites for hydroxylation is 1. The lowest BCUT2D eigenvalue weighted by molar-refractivity contribution is 0.387. The van der Waals surface area contributed by atoms with Crippen molar-refractivity contribution in [2.24, 2.45) is 0 Å². The lowest BCUT2D eigenvalue weighted by Crippen LogP contribution is -1.75. The van der Waals surface area contributed by atoms with Crippen LogP contribution in [-0.2, 0) is 5.75 Å². The Balaban J connectivity index is 2.84. The van der Waals surface area contributed by atoms with Crippen LogP contribution in [0.4, 0.5) is 0 Å². The predicted octanol–water partition coefficient (Wildman–Crippen LogP) is 0.808. The number of aromatic nitrogens is 2. The second kappa shape index (κ2) is 2.17. The fourth-order valence-corrected chi connectivity index (χ4v) is 0.533. The summed E-state index contributed by atoms with van der Waals surface area (Å²) in [4.78, 5) is 3.88. The first-order valence-electron chi connectivity index (χ1n) is 2.23. The second-order valence-corrected chi connectivity index (χ2v) is 1.71. The molecule has 0 unspecified atom stereocenters. The van der Waals surface area contributed by atoms with Crippen LogP contribution >= 0.6 is 12.6 Å². The molecule has 0 aromatic carbocycles. The third-order valence-electron chi connectivity index (χ3n) is 0.705. The van der Waals surface area contributed by atoms with E-state index in [2.05, 4.69) is 27.3 Å². The van der Waals surface area contributed by atoms with Crippen molar-refractivity contribution in [3.63, 3.8) is 0 Å². The molecular weight excluding hydrogens is 124 g/mol. The molecule has 1 heterocycles. The van der Waals surface area contributed by atoms with Gasteiger partial charge in [-0.3, -0.25) is 0 Å². The molecule has 1 rings (SSSR count). The highest BCUT2D eigenvalue weighted by molar-refractivity contribution is 7.79. The average Bonchev–Trinajstić information content (AvgIpc) is 2.14. The van der Waals surface area contributed by atoms with E-state index in [4.69, 9.17) is 0 Å². The molecule has 44 valence electrons. The van der Waals surface area contributed by atoms with E-state index < -0.39 is 0 Å². The number of thiol groups is 1. The third-order valence-corrected chi connectivity index (χ3v) is 0.975. The smallest absolute Gasteiger partial charge is 0.236 e. The molecule has 4 heteroatoms. The van der Waals surface area contributed by atoms with Gasteiger partial charge in [0.1, 0.15) is 0 Å². The summed E-state index contributed by atoms with van der Waals surface area (Å²) in [5, 5.41) is 3.55. The van der Waals surface area contributed by atoms with Gasteiger partial charge in [0, 0.05) is 0 Å². The Labute approximate surface area is 52.5 Å². The highest BCUT2D eigenvalue weighted by Gasteiger charge is 1.95. The van der Waals surface area contributed by atoms with E-state index in [1.54, 1.807) is 6.92 Å². The molecule has 0 N–H and O–H groups in total. The molecule has 0 spiro atoms. The molecule has 0 saturated carbocycles. The maximum Gasteiger partial charge on any atom is 0.236 e. The largest absolute Gasteiger partial charge is 0.338 e. The number of nitrogens with zero attached hydrogens (tertiary/aromatic N) is 2. The summed E-state index contributed by atoms with van der Waals surface area (Å²) in [6.07, 6.45) is 0. The first kappa shape index (κ1) is 5.62. The summed E-state index contributed by atoms with van der Waals surface area (Å²) >= 11 is 3.93. The minimum absolute atomic E-state index is 0.515. The monoisotopic (exact) mass is 130 g/mol. The Bertz CT molecular complexity index is 174. The second-order valence-electron chi connectivity index (χ2n) is 1.39. The Morgan fingerprint density at radius 1 is 1.75 bits per heavy atom. The Kier molecular flexibility index (Phi) is 1.53. The summed E-state index contributed by atoms with van der Waals surface area (Å²) in [6.45, 7) is 1.77. The van der Waals surface area contributed by atoms with Gasteiger partial charge in [-0.25, -0.2) is 0 Å². The van der Waals surface area contributed by atoms with Gasteiger partial charge in [0.15, 0.2) is 5.82 Å². The molecule has 0 amide bonds. The Morgan fingerprint density at radius 3 is 2.75 bits per heavy atom. The standard InChI is InChI=1S/C4H6N2OS/c1-3-5-4(2-8)7-6-3/h8H,2H2,1H3. The third kappa shape index (κ3) is 1.01. The maximum absolute atomic E-state index is 4.68. The summed E-state index contributed by atoms with van der Waals surface area (Å²) in [7, 11) is 0. The molecule has 8 heavy (non-hydrogen) atoms. The van der Waals surface area contributed by atoms with Gasteiger partial charge >= 0.3 is 0 Å². The van der Waals surface area contributed by atoms with Crippen LogP contribution in [0.15, 0.2) is 4.52 Å². The fourth-order valence-electron chi connectivity index (χ4n) is 0.404. The lowest BCUT2D eigenvalue weighted by Gasteiger charge is -1.74. The van der Waals surface area contributed by atoms with Gasteiger partial charge < -0.3 is 4.52 Å². The van der Waals surface area contributed by atoms with Gasteiger partial charge in [-0.1, -0.05) is 5.16 Å². The van der Waals surface area contributed by atoms with Gasteiger partial charge in [0.05, 0.1) is 5.75 Å². The van der Waals surface area contributed by atoms with E-state index in [0.29, 0.717) is 17.5 Å². The van der Waals surface area contributed by atoms with Crippen molar-refractivity contribution in [3.8, 4) is 0 Å².